The van der Waals surface area contributed by atoms with Crippen LogP contribution in [0.3, 0.4) is 0 Å². The van der Waals surface area contributed by atoms with Crippen LogP contribution in [0.1, 0.15) is 26.2 Å². The summed E-state index contributed by atoms with van der Waals surface area (Å²) in [5.74, 6) is 1.36. The van der Waals surface area contributed by atoms with Gasteiger partial charge in [-0.05, 0) is 38.4 Å². The fraction of sp³-hybridized carbons (Fsp3) is 0.533. The number of carbonyl (C=O) groups is 1. The molecule has 1 heterocycles. The van der Waals surface area contributed by atoms with Crippen molar-refractivity contribution in [2.24, 2.45) is 0 Å². The number of methoxy groups -OCH3 is 1. The van der Waals surface area contributed by atoms with Gasteiger partial charge in [-0.3, -0.25) is 4.79 Å². The maximum absolute atomic E-state index is 12.1. The summed E-state index contributed by atoms with van der Waals surface area (Å²) in [7, 11) is 1.60. The molecule has 2 N–H and O–H groups in total. The molecule has 1 saturated heterocycles. The monoisotopic (exact) mass is 278 g/mol. The number of rotatable bonds is 6. The average molecular weight is 278 g/mol. The van der Waals surface area contributed by atoms with E-state index in [-0.39, 0.29) is 11.9 Å². The molecule has 0 saturated carbocycles. The highest BCUT2D eigenvalue weighted by Crippen LogP contribution is 2.29. The quantitative estimate of drug-likeness (QED) is 0.837. The summed E-state index contributed by atoms with van der Waals surface area (Å²) in [6.07, 6.45) is 2.69. The van der Waals surface area contributed by atoms with E-state index in [9.17, 15) is 4.79 Å². The van der Waals surface area contributed by atoms with E-state index >= 15 is 0 Å². The third-order valence-electron chi connectivity index (χ3n) is 3.35. The molecule has 0 spiro atoms. The standard InChI is InChI=1S/C15H22N2O3/c1-3-20-14-7-6-12(19-2)10-13(14)17-15(18)9-11-5-4-8-16-11/h6-7,10-11,16H,3-5,8-9H2,1-2H3,(H,17,18). The van der Waals surface area contributed by atoms with Crippen molar-refractivity contribution in [3.05, 3.63) is 18.2 Å². The van der Waals surface area contributed by atoms with Gasteiger partial charge in [0.05, 0.1) is 19.4 Å². The molecule has 0 aliphatic carbocycles. The second-order valence-corrected chi connectivity index (χ2v) is 4.84. The van der Waals surface area contributed by atoms with E-state index in [1.54, 1.807) is 13.2 Å². The lowest BCUT2D eigenvalue weighted by Gasteiger charge is -2.14. The van der Waals surface area contributed by atoms with Gasteiger partial charge in [-0.1, -0.05) is 0 Å². The van der Waals surface area contributed by atoms with E-state index in [0.29, 0.717) is 30.2 Å². The summed E-state index contributed by atoms with van der Waals surface area (Å²) in [6, 6.07) is 5.70. The normalized spacial score (nSPS) is 17.8. The second-order valence-electron chi connectivity index (χ2n) is 4.84. The van der Waals surface area contributed by atoms with Crippen LogP contribution in [-0.2, 0) is 4.79 Å². The van der Waals surface area contributed by atoms with Crippen LogP contribution in [0.4, 0.5) is 5.69 Å². The highest BCUT2D eigenvalue weighted by atomic mass is 16.5. The van der Waals surface area contributed by atoms with Crippen molar-refractivity contribution in [3.63, 3.8) is 0 Å². The van der Waals surface area contributed by atoms with Gasteiger partial charge in [-0.25, -0.2) is 0 Å². The highest BCUT2D eigenvalue weighted by molar-refractivity contribution is 5.93. The molecule has 1 unspecified atom stereocenters. The van der Waals surface area contributed by atoms with Gasteiger partial charge in [-0.2, -0.15) is 0 Å². The largest absolute Gasteiger partial charge is 0.497 e. The van der Waals surface area contributed by atoms with Crippen molar-refractivity contribution in [2.45, 2.75) is 32.2 Å². The Morgan fingerprint density at radius 1 is 1.50 bits per heavy atom. The average Bonchev–Trinajstić information content (AvgIpc) is 2.93. The number of ether oxygens (including phenoxy) is 2. The van der Waals surface area contributed by atoms with Gasteiger partial charge in [0.2, 0.25) is 5.91 Å². The Labute approximate surface area is 119 Å². The fourth-order valence-corrected chi connectivity index (χ4v) is 2.37. The summed E-state index contributed by atoms with van der Waals surface area (Å²) < 4.78 is 10.7. The molecule has 1 amide bonds. The van der Waals surface area contributed by atoms with Crippen LogP contribution in [0.25, 0.3) is 0 Å². The Bertz CT molecular complexity index is 456. The first kappa shape index (κ1) is 14.7. The number of hydrogen-bond acceptors (Lipinski definition) is 4. The third-order valence-corrected chi connectivity index (χ3v) is 3.35. The number of hydrogen-bond donors (Lipinski definition) is 2. The molecule has 5 heteroatoms. The fourth-order valence-electron chi connectivity index (χ4n) is 2.37. The van der Waals surface area contributed by atoms with Crippen molar-refractivity contribution >= 4 is 11.6 Å². The lowest BCUT2D eigenvalue weighted by molar-refractivity contribution is -0.116. The number of carbonyl (C=O) groups excluding carboxylic acids is 1. The number of benzene rings is 1. The lowest BCUT2D eigenvalue weighted by atomic mass is 10.1. The predicted molar refractivity (Wildman–Crippen MR) is 78.4 cm³/mol. The van der Waals surface area contributed by atoms with Gasteiger partial charge in [0, 0.05) is 18.5 Å². The maximum atomic E-state index is 12.1. The molecule has 1 aliphatic rings. The SMILES string of the molecule is CCOc1ccc(OC)cc1NC(=O)CC1CCCN1. The molecule has 0 aromatic heterocycles. The molecule has 1 aromatic rings. The van der Waals surface area contributed by atoms with Crippen molar-refractivity contribution in [1.29, 1.82) is 0 Å². The van der Waals surface area contributed by atoms with E-state index in [4.69, 9.17) is 9.47 Å². The highest BCUT2D eigenvalue weighted by Gasteiger charge is 2.18. The number of amides is 1. The second kappa shape index (κ2) is 7.14. The predicted octanol–water partition coefficient (Wildman–Crippen LogP) is 2.17. The summed E-state index contributed by atoms with van der Waals surface area (Å²) >= 11 is 0. The van der Waals surface area contributed by atoms with Crippen molar-refractivity contribution in [2.75, 3.05) is 25.6 Å². The number of nitrogens with one attached hydrogen (secondary N) is 2. The molecule has 110 valence electrons. The van der Waals surface area contributed by atoms with Gasteiger partial charge in [0.25, 0.3) is 0 Å². The summed E-state index contributed by atoms with van der Waals surface area (Å²) in [5, 5.41) is 6.23. The molecule has 1 fully saturated rings. The van der Waals surface area contributed by atoms with Crippen LogP contribution in [0.15, 0.2) is 18.2 Å². The smallest absolute Gasteiger partial charge is 0.226 e. The van der Waals surface area contributed by atoms with E-state index in [1.165, 1.54) is 0 Å². The molecule has 20 heavy (non-hydrogen) atoms. The molecule has 0 radical (unpaired) electrons. The lowest BCUT2D eigenvalue weighted by Crippen LogP contribution is -2.27. The van der Waals surface area contributed by atoms with Gasteiger partial charge in [0.1, 0.15) is 11.5 Å². The first-order chi connectivity index (χ1) is 9.72. The summed E-state index contributed by atoms with van der Waals surface area (Å²) in [6.45, 7) is 3.47. The topological polar surface area (TPSA) is 59.6 Å². The Balaban J connectivity index is 2.03. The summed E-state index contributed by atoms with van der Waals surface area (Å²) in [4.78, 5) is 12.1. The maximum Gasteiger partial charge on any atom is 0.226 e. The molecule has 5 nitrogen and oxygen atoms in total. The Morgan fingerprint density at radius 2 is 2.35 bits per heavy atom. The van der Waals surface area contributed by atoms with Crippen LogP contribution >= 0.6 is 0 Å². The van der Waals surface area contributed by atoms with Crippen LogP contribution in [-0.4, -0.2) is 32.2 Å². The molecular weight excluding hydrogens is 256 g/mol. The first-order valence-electron chi connectivity index (χ1n) is 7.07. The van der Waals surface area contributed by atoms with Crippen LogP contribution in [0, 0.1) is 0 Å². The molecule has 2 rings (SSSR count). The molecule has 0 bridgehead atoms. The van der Waals surface area contributed by atoms with Gasteiger partial charge in [0.15, 0.2) is 0 Å². The minimum absolute atomic E-state index is 0.00129. The van der Waals surface area contributed by atoms with Crippen molar-refractivity contribution in [1.82, 2.24) is 5.32 Å². The minimum atomic E-state index is -0.00129. The minimum Gasteiger partial charge on any atom is -0.497 e. The molecule has 1 aliphatic heterocycles. The first-order valence-corrected chi connectivity index (χ1v) is 7.07. The zero-order valence-corrected chi connectivity index (χ0v) is 12.1. The van der Waals surface area contributed by atoms with E-state index in [1.807, 2.05) is 19.1 Å². The molecule has 1 aromatic carbocycles. The van der Waals surface area contributed by atoms with Crippen LogP contribution in [0.2, 0.25) is 0 Å². The van der Waals surface area contributed by atoms with E-state index in [2.05, 4.69) is 10.6 Å². The zero-order chi connectivity index (χ0) is 14.4. The van der Waals surface area contributed by atoms with Crippen LogP contribution < -0.4 is 20.1 Å². The van der Waals surface area contributed by atoms with Gasteiger partial charge < -0.3 is 20.1 Å². The summed E-state index contributed by atoms with van der Waals surface area (Å²) in [5.41, 5.74) is 0.661. The number of anilines is 1. The molecular formula is C15H22N2O3. The van der Waals surface area contributed by atoms with E-state index in [0.717, 1.165) is 19.4 Å². The molecule has 1 atom stereocenters. The van der Waals surface area contributed by atoms with Gasteiger partial charge >= 0.3 is 0 Å². The Morgan fingerprint density at radius 3 is 3.00 bits per heavy atom. The van der Waals surface area contributed by atoms with Crippen LogP contribution in [0.5, 0.6) is 11.5 Å². The van der Waals surface area contributed by atoms with Crippen molar-refractivity contribution < 1.29 is 14.3 Å². The van der Waals surface area contributed by atoms with Crippen molar-refractivity contribution in [3.8, 4) is 11.5 Å². The third kappa shape index (κ3) is 3.87. The van der Waals surface area contributed by atoms with Gasteiger partial charge in [-0.15, -0.1) is 0 Å². The Hall–Kier alpha value is -1.75. The van der Waals surface area contributed by atoms with E-state index < -0.39 is 0 Å². The Kier molecular flexibility index (Phi) is 5.24. The zero-order valence-electron chi connectivity index (χ0n) is 12.1.